The Kier molecular flexibility index (Phi) is 10.3. The van der Waals surface area contributed by atoms with Crippen LogP contribution in [0.25, 0.3) is 0 Å². The molecule has 1 heterocycles. The summed E-state index contributed by atoms with van der Waals surface area (Å²) in [5.41, 5.74) is 0. The van der Waals surface area contributed by atoms with E-state index in [1.807, 2.05) is 0 Å². The average molecular weight is 299 g/mol. The molecule has 1 fully saturated rings. The number of ether oxygens (including phenoxy) is 2. The lowest BCUT2D eigenvalue weighted by molar-refractivity contribution is 0.0424. The number of hydrogen-bond acceptors (Lipinski definition) is 3. The van der Waals surface area contributed by atoms with E-state index >= 15 is 0 Å². The maximum Gasteiger partial charge on any atom is 0.191 e. The predicted octanol–water partition coefficient (Wildman–Crippen LogP) is 2.17. The molecule has 1 saturated heterocycles. The molecule has 0 aromatic rings. The number of hydrogen-bond donors (Lipinski definition) is 2. The Balaban J connectivity index is 2.08. The third kappa shape index (κ3) is 9.69. The molecule has 2 N–H and O–H groups in total. The SMILES string of the molecule is CCNC(=NCCCOC1CCOC1)NCCCC(C)C. The smallest absolute Gasteiger partial charge is 0.191 e. The molecule has 1 aliphatic heterocycles. The fourth-order valence-electron chi connectivity index (χ4n) is 2.21. The van der Waals surface area contributed by atoms with Crippen LogP contribution < -0.4 is 10.6 Å². The first-order valence-electron chi connectivity index (χ1n) is 8.44. The Labute approximate surface area is 129 Å². The summed E-state index contributed by atoms with van der Waals surface area (Å²) in [6, 6.07) is 0. The van der Waals surface area contributed by atoms with Crippen molar-refractivity contribution in [3.63, 3.8) is 0 Å². The first-order valence-corrected chi connectivity index (χ1v) is 8.44. The Morgan fingerprint density at radius 2 is 2.19 bits per heavy atom. The highest BCUT2D eigenvalue weighted by Crippen LogP contribution is 2.08. The number of rotatable bonds is 10. The van der Waals surface area contributed by atoms with E-state index in [0.29, 0.717) is 6.10 Å². The zero-order valence-corrected chi connectivity index (χ0v) is 14.0. The molecular weight excluding hydrogens is 266 g/mol. The Hall–Kier alpha value is -0.810. The van der Waals surface area contributed by atoms with Crippen LogP contribution in [0.1, 0.15) is 46.5 Å². The van der Waals surface area contributed by atoms with Crippen molar-refractivity contribution >= 4 is 5.96 Å². The van der Waals surface area contributed by atoms with Gasteiger partial charge in [-0.3, -0.25) is 4.99 Å². The summed E-state index contributed by atoms with van der Waals surface area (Å²) in [7, 11) is 0. The van der Waals surface area contributed by atoms with E-state index in [9.17, 15) is 0 Å². The highest BCUT2D eigenvalue weighted by atomic mass is 16.5. The summed E-state index contributed by atoms with van der Waals surface area (Å²) in [6.45, 7) is 11.7. The van der Waals surface area contributed by atoms with Crippen molar-refractivity contribution in [2.45, 2.75) is 52.6 Å². The van der Waals surface area contributed by atoms with Crippen LogP contribution in [0.5, 0.6) is 0 Å². The van der Waals surface area contributed by atoms with E-state index < -0.39 is 0 Å². The molecule has 0 bridgehead atoms. The second-order valence-corrected chi connectivity index (χ2v) is 5.93. The number of aliphatic imine (C=N–C) groups is 1. The van der Waals surface area contributed by atoms with Crippen LogP contribution in [-0.4, -0.2) is 51.5 Å². The molecule has 0 aromatic carbocycles. The molecule has 1 aliphatic rings. The molecular formula is C16H33N3O2. The third-order valence-corrected chi connectivity index (χ3v) is 3.41. The summed E-state index contributed by atoms with van der Waals surface area (Å²) >= 11 is 0. The van der Waals surface area contributed by atoms with Gasteiger partial charge in [-0.05, 0) is 38.5 Å². The molecule has 5 heteroatoms. The summed E-state index contributed by atoms with van der Waals surface area (Å²) < 4.78 is 11.0. The Bertz CT molecular complexity index is 277. The molecule has 0 amide bonds. The van der Waals surface area contributed by atoms with E-state index in [2.05, 4.69) is 36.4 Å². The minimum Gasteiger partial charge on any atom is -0.379 e. The van der Waals surface area contributed by atoms with Gasteiger partial charge in [0, 0.05) is 32.8 Å². The second kappa shape index (κ2) is 11.8. The Morgan fingerprint density at radius 1 is 1.33 bits per heavy atom. The van der Waals surface area contributed by atoms with Crippen molar-refractivity contribution in [2.24, 2.45) is 10.9 Å². The molecule has 0 spiro atoms. The number of nitrogens with zero attached hydrogens (tertiary/aromatic N) is 1. The van der Waals surface area contributed by atoms with Gasteiger partial charge in [0.1, 0.15) is 0 Å². The van der Waals surface area contributed by atoms with Crippen molar-refractivity contribution in [1.29, 1.82) is 0 Å². The summed E-state index contributed by atoms with van der Waals surface area (Å²) in [5, 5.41) is 6.67. The lowest BCUT2D eigenvalue weighted by atomic mass is 10.1. The normalized spacial score (nSPS) is 19.2. The van der Waals surface area contributed by atoms with Gasteiger partial charge in [-0.15, -0.1) is 0 Å². The summed E-state index contributed by atoms with van der Waals surface area (Å²) in [5.74, 6) is 1.69. The topological polar surface area (TPSA) is 54.9 Å². The van der Waals surface area contributed by atoms with Crippen LogP contribution in [-0.2, 0) is 9.47 Å². The monoisotopic (exact) mass is 299 g/mol. The maximum atomic E-state index is 5.73. The third-order valence-electron chi connectivity index (χ3n) is 3.41. The van der Waals surface area contributed by atoms with E-state index in [4.69, 9.17) is 9.47 Å². The van der Waals surface area contributed by atoms with Crippen molar-refractivity contribution < 1.29 is 9.47 Å². The molecule has 1 rings (SSSR count). The molecule has 1 atom stereocenters. The van der Waals surface area contributed by atoms with E-state index in [-0.39, 0.29) is 0 Å². The van der Waals surface area contributed by atoms with Gasteiger partial charge in [0.2, 0.25) is 0 Å². The standard InChI is InChI=1S/C16H33N3O2/c1-4-17-16(18-9-5-7-14(2)3)19-10-6-11-21-15-8-12-20-13-15/h14-15H,4-13H2,1-3H3,(H2,17,18,19). The molecule has 0 radical (unpaired) electrons. The van der Waals surface area contributed by atoms with Crippen LogP contribution >= 0.6 is 0 Å². The molecule has 0 aliphatic carbocycles. The van der Waals surface area contributed by atoms with Gasteiger partial charge < -0.3 is 20.1 Å². The zero-order valence-electron chi connectivity index (χ0n) is 14.0. The van der Waals surface area contributed by atoms with E-state index in [1.54, 1.807) is 0 Å². The molecule has 0 aromatic heterocycles. The minimum absolute atomic E-state index is 0.302. The second-order valence-electron chi connectivity index (χ2n) is 5.93. The lowest BCUT2D eigenvalue weighted by Crippen LogP contribution is -2.38. The van der Waals surface area contributed by atoms with Crippen LogP contribution in [0, 0.1) is 5.92 Å². The molecule has 0 saturated carbocycles. The fraction of sp³-hybridized carbons (Fsp3) is 0.938. The van der Waals surface area contributed by atoms with E-state index in [1.165, 1.54) is 12.8 Å². The first-order chi connectivity index (χ1) is 10.2. The Morgan fingerprint density at radius 3 is 2.86 bits per heavy atom. The predicted molar refractivity (Wildman–Crippen MR) is 87.8 cm³/mol. The molecule has 1 unspecified atom stereocenters. The van der Waals surface area contributed by atoms with Crippen molar-refractivity contribution in [3.05, 3.63) is 0 Å². The summed E-state index contributed by atoms with van der Waals surface area (Å²) in [4.78, 5) is 4.58. The highest BCUT2D eigenvalue weighted by molar-refractivity contribution is 5.79. The van der Waals surface area contributed by atoms with Crippen molar-refractivity contribution in [1.82, 2.24) is 10.6 Å². The largest absolute Gasteiger partial charge is 0.379 e. The number of nitrogens with one attached hydrogen (secondary N) is 2. The van der Waals surface area contributed by atoms with Crippen molar-refractivity contribution in [3.8, 4) is 0 Å². The average Bonchev–Trinajstić information content (AvgIpc) is 2.96. The van der Waals surface area contributed by atoms with Crippen LogP contribution in [0.15, 0.2) is 4.99 Å². The van der Waals surface area contributed by atoms with Gasteiger partial charge >= 0.3 is 0 Å². The highest BCUT2D eigenvalue weighted by Gasteiger charge is 2.15. The van der Waals surface area contributed by atoms with Gasteiger partial charge in [-0.2, -0.15) is 0 Å². The lowest BCUT2D eigenvalue weighted by Gasteiger charge is -2.12. The maximum absolute atomic E-state index is 5.73. The zero-order chi connectivity index (χ0) is 15.3. The van der Waals surface area contributed by atoms with Gasteiger partial charge in [0.05, 0.1) is 12.7 Å². The van der Waals surface area contributed by atoms with Crippen LogP contribution in [0.2, 0.25) is 0 Å². The summed E-state index contributed by atoms with van der Waals surface area (Å²) in [6.07, 6.45) is 4.73. The quantitative estimate of drug-likeness (QED) is 0.369. The fourth-order valence-corrected chi connectivity index (χ4v) is 2.21. The minimum atomic E-state index is 0.302. The van der Waals surface area contributed by atoms with Gasteiger partial charge in [-0.25, -0.2) is 0 Å². The molecule has 124 valence electrons. The van der Waals surface area contributed by atoms with Gasteiger partial charge in [0.25, 0.3) is 0 Å². The first kappa shape index (κ1) is 18.2. The number of guanidine groups is 1. The molecule has 5 nitrogen and oxygen atoms in total. The van der Waals surface area contributed by atoms with Crippen molar-refractivity contribution in [2.75, 3.05) is 39.5 Å². The molecule has 21 heavy (non-hydrogen) atoms. The van der Waals surface area contributed by atoms with E-state index in [0.717, 1.165) is 64.2 Å². The van der Waals surface area contributed by atoms with Gasteiger partial charge in [-0.1, -0.05) is 13.8 Å². The van der Waals surface area contributed by atoms with Crippen LogP contribution in [0.3, 0.4) is 0 Å². The van der Waals surface area contributed by atoms with Gasteiger partial charge in [0.15, 0.2) is 5.96 Å². The van der Waals surface area contributed by atoms with Crippen LogP contribution in [0.4, 0.5) is 0 Å².